The first-order chi connectivity index (χ1) is 12.8. The van der Waals surface area contributed by atoms with Crippen molar-refractivity contribution in [2.45, 2.75) is 48.3 Å². The van der Waals surface area contributed by atoms with Crippen LogP contribution in [-0.2, 0) is 10.8 Å². The number of para-hydroxylation sites is 2. The molecule has 0 aromatic heterocycles. The molecular weight excluding hydrogens is 414 g/mol. The molecule has 0 bridgehead atoms. The molecule has 0 saturated heterocycles. The molecule has 3 aliphatic rings. The summed E-state index contributed by atoms with van der Waals surface area (Å²) in [5, 5.41) is 0. The lowest BCUT2D eigenvalue weighted by Gasteiger charge is -2.52. The average molecular weight is 434 g/mol. The summed E-state index contributed by atoms with van der Waals surface area (Å²) in [5.74, 6) is 0. The van der Waals surface area contributed by atoms with Gasteiger partial charge in [-0.3, -0.25) is 0 Å². The molecule has 0 saturated carbocycles. The van der Waals surface area contributed by atoms with E-state index < -0.39 is 0 Å². The Bertz CT molecular complexity index is 1090. The summed E-state index contributed by atoms with van der Waals surface area (Å²) in [7, 11) is 0. The number of nitrogens with zero attached hydrogens (tertiary/aromatic N) is 1. The molecule has 0 aliphatic carbocycles. The van der Waals surface area contributed by atoms with Gasteiger partial charge in [0.2, 0.25) is 0 Å². The lowest BCUT2D eigenvalue weighted by molar-refractivity contribution is 0.592. The Morgan fingerprint density at radius 1 is 0.704 bits per heavy atom. The van der Waals surface area contributed by atoms with Gasteiger partial charge in [0.15, 0.2) is 0 Å². The third-order valence-electron chi connectivity index (χ3n) is 6.66. The zero-order valence-electron chi connectivity index (χ0n) is 15.9. The van der Waals surface area contributed by atoms with Crippen LogP contribution in [0.2, 0.25) is 0 Å². The highest BCUT2D eigenvalue weighted by Crippen LogP contribution is 2.66. The molecule has 3 heterocycles. The van der Waals surface area contributed by atoms with E-state index in [0.29, 0.717) is 0 Å². The van der Waals surface area contributed by atoms with Crippen LogP contribution in [0.15, 0.2) is 62.8 Å². The lowest BCUT2D eigenvalue weighted by atomic mass is 9.66. The first kappa shape index (κ1) is 16.3. The van der Waals surface area contributed by atoms with Crippen LogP contribution in [0.1, 0.15) is 49.9 Å². The monoisotopic (exact) mass is 433 g/mol. The molecule has 134 valence electrons. The largest absolute Gasteiger partial charge is 0.307 e. The third-order valence-corrected chi connectivity index (χ3v) is 8.21. The highest BCUT2D eigenvalue weighted by molar-refractivity contribution is 9.10. The molecule has 0 unspecified atom stereocenters. The van der Waals surface area contributed by atoms with Crippen molar-refractivity contribution < 1.29 is 0 Å². The summed E-state index contributed by atoms with van der Waals surface area (Å²) in [6.45, 7) is 9.48. The third kappa shape index (κ3) is 1.78. The van der Waals surface area contributed by atoms with Crippen LogP contribution >= 0.6 is 27.7 Å². The molecule has 0 amide bonds. The molecule has 0 fully saturated rings. The number of hydrogen-bond donors (Lipinski definition) is 0. The van der Waals surface area contributed by atoms with E-state index in [4.69, 9.17) is 0 Å². The second kappa shape index (κ2) is 4.82. The number of benzene rings is 3. The second-order valence-corrected chi connectivity index (χ2v) is 10.8. The van der Waals surface area contributed by atoms with Gasteiger partial charge in [0.1, 0.15) is 0 Å². The first-order valence-corrected chi connectivity index (χ1v) is 11.0. The van der Waals surface area contributed by atoms with Crippen molar-refractivity contribution in [3.63, 3.8) is 0 Å². The van der Waals surface area contributed by atoms with Crippen molar-refractivity contribution in [3.05, 3.63) is 75.3 Å². The maximum atomic E-state index is 3.81. The van der Waals surface area contributed by atoms with Crippen molar-refractivity contribution in [1.82, 2.24) is 0 Å². The normalized spacial score (nSPS) is 18.9. The summed E-state index contributed by atoms with van der Waals surface area (Å²) in [4.78, 5) is 5.30. The highest BCUT2D eigenvalue weighted by atomic mass is 79.9. The number of rotatable bonds is 0. The Morgan fingerprint density at radius 2 is 1.19 bits per heavy atom. The van der Waals surface area contributed by atoms with Crippen LogP contribution < -0.4 is 4.90 Å². The van der Waals surface area contributed by atoms with E-state index in [2.05, 4.69) is 97.1 Å². The molecule has 27 heavy (non-hydrogen) atoms. The van der Waals surface area contributed by atoms with Crippen LogP contribution in [0.3, 0.4) is 0 Å². The van der Waals surface area contributed by atoms with Gasteiger partial charge < -0.3 is 4.90 Å². The Balaban J connectivity index is 1.87. The van der Waals surface area contributed by atoms with Crippen LogP contribution in [0, 0.1) is 0 Å². The van der Waals surface area contributed by atoms with Crippen LogP contribution in [0.4, 0.5) is 17.1 Å². The quantitative estimate of drug-likeness (QED) is 0.279. The van der Waals surface area contributed by atoms with Gasteiger partial charge in [-0.25, -0.2) is 0 Å². The Hall–Kier alpha value is -1.71. The number of halogens is 1. The number of anilines is 3. The fraction of sp³-hybridized carbons (Fsp3) is 0.250. The van der Waals surface area contributed by atoms with Crippen molar-refractivity contribution in [1.29, 1.82) is 0 Å². The maximum absolute atomic E-state index is 3.81. The molecule has 3 heteroatoms. The predicted octanol–water partition coefficient (Wildman–Crippen LogP) is 7.66. The van der Waals surface area contributed by atoms with Gasteiger partial charge in [0.05, 0.1) is 17.1 Å². The van der Waals surface area contributed by atoms with Crippen molar-refractivity contribution >= 4 is 44.8 Å². The summed E-state index contributed by atoms with van der Waals surface area (Å²) < 4.78 is 1.17. The molecule has 3 aromatic carbocycles. The fourth-order valence-corrected chi connectivity index (χ4v) is 6.80. The fourth-order valence-electron chi connectivity index (χ4n) is 5.22. The van der Waals surface area contributed by atoms with Gasteiger partial charge >= 0.3 is 0 Å². The Morgan fingerprint density at radius 3 is 1.67 bits per heavy atom. The molecule has 3 aliphatic heterocycles. The van der Waals surface area contributed by atoms with Gasteiger partial charge in [-0.15, -0.1) is 0 Å². The molecule has 1 nitrogen and oxygen atoms in total. The highest BCUT2D eigenvalue weighted by Gasteiger charge is 2.48. The summed E-state index contributed by atoms with van der Waals surface area (Å²) >= 11 is 5.73. The van der Waals surface area contributed by atoms with Crippen molar-refractivity contribution in [2.24, 2.45) is 0 Å². The summed E-state index contributed by atoms with van der Waals surface area (Å²) in [6, 6.07) is 18.3. The van der Waals surface area contributed by atoms with Gasteiger partial charge in [-0.1, -0.05) is 79.7 Å². The summed E-state index contributed by atoms with van der Waals surface area (Å²) in [5.41, 5.74) is 9.78. The Labute approximate surface area is 172 Å². The zero-order valence-corrected chi connectivity index (χ0v) is 18.3. The molecule has 0 radical (unpaired) electrons. The molecule has 6 rings (SSSR count). The van der Waals surface area contributed by atoms with Gasteiger partial charge in [0.25, 0.3) is 0 Å². The minimum Gasteiger partial charge on any atom is -0.307 e. The predicted molar refractivity (Wildman–Crippen MR) is 117 cm³/mol. The molecule has 0 atom stereocenters. The summed E-state index contributed by atoms with van der Waals surface area (Å²) in [6.07, 6.45) is 0. The number of hydrogen-bond acceptors (Lipinski definition) is 2. The van der Waals surface area contributed by atoms with Crippen molar-refractivity contribution in [2.75, 3.05) is 4.90 Å². The average Bonchev–Trinajstić information content (AvgIpc) is 2.63. The van der Waals surface area contributed by atoms with E-state index in [9.17, 15) is 0 Å². The van der Waals surface area contributed by atoms with Crippen LogP contribution in [-0.4, -0.2) is 0 Å². The minimum atomic E-state index is -0.0316. The molecule has 3 aromatic rings. The van der Waals surface area contributed by atoms with Crippen molar-refractivity contribution in [3.8, 4) is 0 Å². The lowest BCUT2D eigenvalue weighted by Crippen LogP contribution is -2.39. The molecule has 0 spiro atoms. The van der Waals surface area contributed by atoms with E-state index >= 15 is 0 Å². The first-order valence-electron chi connectivity index (χ1n) is 9.41. The SMILES string of the molecule is CC1(C)c2cccc3c2N2c4c(cccc4C(C)(C)c4cc(Br)cc1c42)S3. The standard InChI is InChI=1S/C24H20BrNS/c1-23(2)14-7-5-9-18-21(14)26-20-16(23)11-13(25)12-17(20)24(3,4)15-8-6-10-19(27-18)22(15)26/h5-12H,1-4H3. The van der Waals surface area contributed by atoms with E-state index in [-0.39, 0.29) is 10.8 Å². The molecular formula is C24H20BrNS. The van der Waals surface area contributed by atoms with Crippen LogP contribution in [0.5, 0.6) is 0 Å². The smallest absolute Gasteiger partial charge is 0.0642 e. The van der Waals surface area contributed by atoms with Gasteiger partial charge in [0, 0.05) is 25.1 Å². The molecule has 0 N–H and O–H groups in total. The Kier molecular flexibility index (Phi) is 2.90. The second-order valence-electron chi connectivity index (χ2n) is 8.84. The van der Waals surface area contributed by atoms with E-state index in [1.54, 1.807) is 0 Å². The minimum absolute atomic E-state index is 0.0316. The topological polar surface area (TPSA) is 3.24 Å². The zero-order chi connectivity index (χ0) is 18.7. The van der Waals surface area contributed by atoms with E-state index in [1.165, 1.54) is 53.6 Å². The van der Waals surface area contributed by atoms with Crippen LogP contribution in [0.25, 0.3) is 0 Å². The van der Waals surface area contributed by atoms with Gasteiger partial charge in [-0.05, 0) is 46.5 Å². The maximum Gasteiger partial charge on any atom is 0.0642 e. The van der Waals surface area contributed by atoms with E-state index in [1.807, 2.05) is 11.8 Å². The van der Waals surface area contributed by atoms with Gasteiger partial charge in [-0.2, -0.15) is 0 Å². The van der Waals surface area contributed by atoms with E-state index in [0.717, 1.165) is 0 Å².